The van der Waals surface area contributed by atoms with Gasteiger partial charge < -0.3 is 10.6 Å². The van der Waals surface area contributed by atoms with Gasteiger partial charge in [-0.2, -0.15) is 0 Å². The molecule has 1 atom stereocenters. The maximum Gasteiger partial charge on any atom is 0.123 e. The molecule has 108 valence electrons. The normalized spacial score (nSPS) is 12.5. The monoisotopic (exact) mass is 266 g/mol. The fourth-order valence-corrected chi connectivity index (χ4v) is 2.32. The second-order valence-electron chi connectivity index (χ2n) is 5.12. The molecule has 0 fully saturated rings. The number of hydrogen-bond donors (Lipinski definition) is 1. The van der Waals surface area contributed by atoms with Gasteiger partial charge in [0.1, 0.15) is 5.82 Å². The number of nitrogens with two attached hydrogens (primary N) is 1. The molecule has 0 heterocycles. The van der Waals surface area contributed by atoms with Gasteiger partial charge in [0, 0.05) is 18.3 Å². The lowest BCUT2D eigenvalue weighted by atomic mass is 10.1. The highest BCUT2D eigenvalue weighted by Gasteiger charge is 2.16. The predicted molar refractivity (Wildman–Crippen MR) is 81.2 cm³/mol. The molecule has 0 bridgehead atoms. The van der Waals surface area contributed by atoms with E-state index < -0.39 is 0 Å². The second kappa shape index (κ2) is 8.16. The molecule has 1 rings (SSSR count). The first-order chi connectivity index (χ1) is 9.13. The zero-order chi connectivity index (χ0) is 14.3. The Morgan fingerprint density at radius 3 is 2.63 bits per heavy atom. The summed E-state index contributed by atoms with van der Waals surface area (Å²) < 4.78 is 13.4. The first-order valence-electron chi connectivity index (χ1n) is 7.39. The standard InChI is InChI=1S/C16H27FN2/c1-4-6-11-19(13(3)5-2)16-8-7-15(17)12-14(16)9-10-18/h7-8,12-13H,4-6,9-11,18H2,1-3H3. The van der Waals surface area contributed by atoms with Crippen LogP contribution in [0.1, 0.15) is 45.6 Å². The number of halogens is 1. The maximum absolute atomic E-state index is 13.4. The first-order valence-corrected chi connectivity index (χ1v) is 7.39. The first kappa shape index (κ1) is 16.0. The molecule has 2 N–H and O–H groups in total. The van der Waals surface area contributed by atoms with E-state index >= 15 is 0 Å². The molecule has 1 aromatic carbocycles. The van der Waals surface area contributed by atoms with Gasteiger partial charge in [-0.3, -0.25) is 0 Å². The van der Waals surface area contributed by atoms with Crippen LogP contribution < -0.4 is 10.6 Å². The van der Waals surface area contributed by atoms with Crippen LogP contribution in [0.5, 0.6) is 0 Å². The van der Waals surface area contributed by atoms with Crippen molar-refractivity contribution >= 4 is 5.69 Å². The summed E-state index contributed by atoms with van der Waals surface area (Å²) in [5.41, 5.74) is 7.82. The van der Waals surface area contributed by atoms with Gasteiger partial charge in [-0.05, 0) is 56.5 Å². The Kier molecular flexibility index (Phi) is 6.85. The summed E-state index contributed by atoms with van der Waals surface area (Å²) in [5.74, 6) is -0.174. The summed E-state index contributed by atoms with van der Waals surface area (Å²) in [4.78, 5) is 2.40. The van der Waals surface area contributed by atoms with E-state index in [1.54, 1.807) is 12.1 Å². The summed E-state index contributed by atoms with van der Waals surface area (Å²) in [7, 11) is 0. The number of nitrogens with zero attached hydrogens (tertiary/aromatic N) is 1. The van der Waals surface area contributed by atoms with Crippen LogP contribution in [-0.4, -0.2) is 19.1 Å². The van der Waals surface area contributed by atoms with Crippen LogP contribution in [0.25, 0.3) is 0 Å². The molecule has 1 unspecified atom stereocenters. The second-order valence-corrected chi connectivity index (χ2v) is 5.12. The van der Waals surface area contributed by atoms with Gasteiger partial charge in [0.25, 0.3) is 0 Å². The fourth-order valence-electron chi connectivity index (χ4n) is 2.32. The lowest BCUT2D eigenvalue weighted by Gasteiger charge is -2.32. The number of anilines is 1. The van der Waals surface area contributed by atoms with Crippen LogP contribution in [0.2, 0.25) is 0 Å². The van der Waals surface area contributed by atoms with Crippen LogP contribution >= 0.6 is 0 Å². The Balaban J connectivity index is 3.05. The van der Waals surface area contributed by atoms with E-state index in [0.29, 0.717) is 12.6 Å². The van der Waals surface area contributed by atoms with E-state index in [9.17, 15) is 4.39 Å². The van der Waals surface area contributed by atoms with Crippen molar-refractivity contribution in [3.8, 4) is 0 Å². The fraction of sp³-hybridized carbons (Fsp3) is 0.625. The SMILES string of the molecule is CCCCN(c1ccc(F)cc1CCN)C(C)CC. The Hall–Kier alpha value is -1.09. The van der Waals surface area contributed by atoms with Crippen LogP contribution in [0, 0.1) is 5.82 Å². The van der Waals surface area contributed by atoms with Crippen LogP contribution in [0.4, 0.5) is 10.1 Å². The number of hydrogen-bond acceptors (Lipinski definition) is 2. The van der Waals surface area contributed by atoms with Crippen LogP contribution in [0.3, 0.4) is 0 Å². The Morgan fingerprint density at radius 1 is 1.32 bits per heavy atom. The molecule has 1 aromatic rings. The Morgan fingerprint density at radius 2 is 2.05 bits per heavy atom. The minimum absolute atomic E-state index is 0.174. The van der Waals surface area contributed by atoms with E-state index in [4.69, 9.17) is 5.73 Å². The average Bonchev–Trinajstić information content (AvgIpc) is 2.41. The zero-order valence-corrected chi connectivity index (χ0v) is 12.5. The number of unbranched alkanes of at least 4 members (excludes halogenated alkanes) is 1. The topological polar surface area (TPSA) is 29.3 Å². The molecular formula is C16H27FN2. The van der Waals surface area contributed by atoms with Gasteiger partial charge in [0.15, 0.2) is 0 Å². The summed E-state index contributed by atoms with van der Waals surface area (Å²) >= 11 is 0. The van der Waals surface area contributed by atoms with Crippen molar-refractivity contribution in [2.75, 3.05) is 18.0 Å². The molecular weight excluding hydrogens is 239 g/mol. The largest absolute Gasteiger partial charge is 0.369 e. The van der Waals surface area contributed by atoms with Crippen molar-refractivity contribution in [1.29, 1.82) is 0 Å². The molecule has 0 saturated carbocycles. The van der Waals surface area contributed by atoms with E-state index in [2.05, 4.69) is 25.7 Å². The van der Waals surface area contributed by atoms with Crippen molar-refractivity contribution in [3.63, 3.8) is 0 Å². The van der Waals surface area contributed by atoms with E-state index in [-0.39, 0.29) is 5.82 Å². The highest BCUT2D eigenvalue weighted by atomic mass is 19.1. The minimum atomic E-state index is -0.174. The molecule has 0 aliphatic rings. The molecule has 0 amide bonds. The highest BCUT2D eigenvalue weighted by molar-refractivity contribution is 5.54. The summed E-state index contributed by atoms with van der Waals surface area (Å²) in [5, 5.41) is 0. The molecule has 0 radical (unpaired) electrons. The van der Waals surface area contributed by atoms with Gasteiger partial charge in [-0.25, -0.2) is 4.39 Å². The summed E-state index contributed by atoms with van der Waals surface area (Å²) in [6, 6.07) is 5.55. The minimum Gasteiger partial charge on any atom is -0.369 e. The molecule has 3 heteroatoms. The van der Waals surface area contributed by atoms with Crippen LogP contribution in [0.15, 0.2) is 18.2 Å². The van der Waals surface area contributed by atoms with Crippen molar-refractivity contribution in [2.45, 2.75) is 52.5 Å². The Bertz CT molecular complexity index is 379. The Labute approximate surface area is 116 Å². The molecule has 0 aliphatic heterocycles. The molecule has 0 spiro atoms. The molecule has 19 heavy (non-hydrogen) atoms. The van der Waals surface area contributed by atoms with E-state index in [1.165, 1.54) is 6.42 Å². The van der Waals surface area contributed by atoms with Crippen molar-refractivity contribution in [3.05, 3.63) is 29.6 Å². The molecule has 0 saturated heterocycles. The third-order valence-corrected chi connectivity index (χ3v) is 3.64. The van der Waals surface area contributed by atoms with Gasteiger partial charge in [0.05, 0.1) is 0 Å². The van der Waals surface area contributed by atoms with E-state index in [1.807, 2.05) is 6.07 Å². The number of rotatable bonds is 8. The maximum atomic E-state index is 13.4. The average molecular weight is 266 g/mol. The lowest BCUT2D eigenvalue weighted by Crippen LogP contribution is -2.34. The third kappa shape index (κ3) is 4.50. The van der Waals surface area contributed by atoms with Gasteiger partial charge in [-0.1, -0.05) is 20.3 Å². The van der Waals surface area contributed by atoms with Crippen molar-refractivity contribution in [2.24, 2.45) is 5.73 Å². The third-order valence-electron chi connectivity index (χ3n) is 3.64. The van der Waals surface area contributed by atoms with Crippen LogP contribution in [-0.2, 0) is 6.42 Å². The number of benzene rings is 1. The van der Waals surface area contributed by atoms with Crippen molar-refractivity contribution < 1.29 is 4.39 Å². The van der Waals surface area contributed by atoms with Gasteiger partial charge in [-0.15, -0.1) is 0 Å². The smallest absolute Gasteiger partial charge is 0.123 e. The molecule has 0 aliphatic carbocycles. The highest BCUT2D eigenvalue weighted by Crippen LogP contribution is 2.25. The van der Waals surface area contributed by atoms with Gasteiger partial charge in [0.2, 0.25) is 0 Å². The predicted octanol–water partition coefficient (Wildman–Crippen LogP) is 3.73. The summed E-state index contributed by atoms with van der Waals surface area (Å²) in [6.45, 7) is 8.19. The summed E-state index contributed by atoms with van der Waals surface area (Å²) in [6.07, 6.45) is 4.14. The quantitative estimate of drug-likeness (QED) is 0.777. The lowest BCUT2D eigenvalue weighted by molar-refractivity contribution is 0.589. The molecule has 2 nitrogen and oxygen atoms in total. The van der Waals surface area contributed by atoms with E-state index in [0.717, 1.165) is 37.1 Å². The zero-order valence-electron chi connectivity index (χ0n) is 12.5. The molecule has 0 aromatic heterocycles. The van der Waals surface area contributed by atoms with Gasteiger partial charge >= 0.3 is 0 Å². The van der Waals surface area contributed by atoms with Crippen molar-refractivity contribution in [1.82, 2.24) is 0 Å².